The van der Waals surface area contributed by atoms with Crippen LogP contribution in [0.25, 0.3) is 0 Å². The third-order valence-corrected chi connectivity index (χ3v) is 1.72. The maximum atomic E-state index is 10.8. The number of nitrogens with two attached hydrogens (primary N) is 1. The molecule has 0 unspecified atom stereocenters. The Labute approximate surface area is 81.8 Å². The summed E-state index contributed by atoms with van der Waals surface area (Å²) in [5, 5.41) is 2.56. The van der Waals surface area contributed by atoms with Gasteiger partial charge in [-0.1, -0.05) is 0 Å². The number of aliphatic imine (C=N–C) groups is 1. The Hall–Kier alpha value is -1.85. The van der Waals surface area contributed by atoms with E-state index >= 15 is 0 Å². The van der Waals surface area contributed by atoms with Gasteiger partial charge in [0.25, 0.3) is 0 Å². The Bertz CT molecular complexity index is 379. The fourth-order valence-corrected chi connectivity index (χ4v) is 1.01. The summed E-state index contributed by atoms with van der Waals surface area (Å²) in [6.45, 7) is 1.41. The molecule has 0 aliphatic heterocycles. The summed E-state index contributed by atoms with van der Waals surface area (Å²) in [7, 11) is 3.34. The first-order valence-electron chi connectivity index (χ1n) is 4.07. The zero-order valence-corrected chi connectivity index (χ0v) is 8.40. The van der Waals surface area contributed by atoms with Crippen LogP contribution in [0, 0.1) is 0 Å². The number of aromatic nitrogens is 2. The van der Waals surface area contributed by atoms with Gasteiger partial charge in [0.2, 0.25) is 5.91 Å². The number of hydrogen-bond acceptors (Lipinski definition) is 4. The fourth-order valence-electron chi connectivity index (χ4n) is 1.01. The van der Waals surface area contributed by atoms with E-state index in [9.17, 15) is 4.79 Å². The van der Waals surface area contributed by atoms with Crippen molar-refractivity contribution >= 4 is 17.6 Å². The molecule has 0 saturated carbocycles. The van der Waals surface area contributed by atoms with Gasteiger partial charge in [0, 0.05) is 21.0 Å². The minimum absolute atomic E-state index is 0.198. The van der Waals surface area contributed by atoms with Crippen LogP contribution in [0.1, 0.15) is 12.6 Å². The van der Waals surface area contributed by atoms with Crippen LogP contribution in [0.2, 0.25) is 0 Å². The Morgan fingerprint density at radius 1 is 1.71 bits per heavy atom. The van der Waals surface area contributed by atoms with Crippen LogP contribution < -0.4 is 11.1 Å². The highest BCUT2D eigenvalue weighted by Gasteiger charge is 2.12. The molecule has 0 aromatic carbocycles. The van der Waals surface area contributed by atoms with Crippen LogP contribution in [-0.2, 0) is 11.8 Å². The summed E-state index contributed by atoms with van der Waals surface area (Å²) in [4.78, 5) is 18.8. The number of imidazole rings is 1. The van der Waals surface area contributed by atoms with E-state index in [0.717, 1.165) is 0 Å². The van der Waals surface area contributed by atoms with E-state index in [1.54, 1.807) is 25.0 Å². The van der Waals surface area contributed by atoms with Crippen LogP contribution in [0.15, 0.2) is 11.3 Å². The smallest absolute Gasteiger partial charge is 0.222 e. The highest BCUT2D eigenvalue weighted by Crippen LogP contribution is 2.07. The molecule has 6 nitrogen and oxygen atoms in total. The molecule has 3 N–H and O–H groups in total. The highest BCUT2D eigenvalue weighted by molar-refractivity contribution is 6.08. The third kappa shape index (κ3) is 1.90. The fraction of sp³-hybridized carbons (Fsp3) is 0.375. The van der Waals surface area contributed by atoms with E-state index in [-0.39, 0.29) is 5.91 Å². The van der Waals surface area contributed by atoms with Crippen molar-refractivity contribution in [1.82, 2.24) is 14.9 Å². The third-order valence-electron chi connectivity index (χ3n) is 1.72. The van der Waals surface area contributed by atoms with Crippen molar-refractivity contribution < 1.29 is 4.79 Å². The van der Waals surface area contributed by atoms with Gasteiger partial charge in [-0.05, 0) is 0 Å². The zero-order chi connectivity index (χ0) is 10.7. The number of aryl methyl sites for hydroxylation is 1. The van der Waals surface area contributed by atoms with Gasteiger partial charge in [-0.25, -0.2) is 4.98 Å². The normalized spacial score (nSPS) is 11.5. The quantitative estimate of drug-likeness (QED) is 0.468. The zero-order valence-electron chi connectivity index (χ0n) is 8.40. The number of anilines is 1. The van der Waals surface area contributed by atoms with Crippen molar-refractivity contribution in [2.75, 3.05) is 12.8 Å². The number of nitrogens with zero attached hydrogens (tertiary/aromatic N) is 3. The van der Waals surface area contributed by atoms with Gasteiger partial charge in [-0.2, -0.15) is 0 Å². The molecular weight excluding hydrogens is 182 g/mol. The molecule has 1 aromatic heterocycles. The molecule has 0 saturated heterocycles. The molecule has 0 bridgehead atoms. The molecule has 0 spiro atoms. The molecule has 0 atom stereocenters. The van der Waals surface area contributed by atoms with Gasteiger partial charge in [0.05, 0.1) is 6.33 Å². The molecular formula is C8H13N5O. The molecule has 0 fully saturated rings. The summed E-state index contributed by atoms with van der Waals surface area (Å²) in [5.41, 5.74) is 6.21. The maximum absolute atomic E-state index is 10.8. The van der Waals surface area contributed by atoms with Crippen LogP contribution in [-0.4, -0.2) is 28.3 Å². The van der Waals surface area contributed by atoms with Crippen LogP contribution >= 0.6 is 0 Å². The number of amidine groups is 1. The summed E-state index contributed by atoms with van der Waals surface area (Å²) in [5.74, 6) is 0.658. The first kappa shape index (κ1) is 10.2. The SMILES string of the molecule is CN=C(NC(C)=O)c1ncn(C)c1N. The lowest BCUT2D eigenvalue weighted by Crippen LogP contribution is -2.30. The topological polar surface area (TPSA) is 85.3 Å². The predicted octanol–water partition coefficient (Wildman–Crippen LogP) is -0.485. The van der Waals surface area contributed by atoms with Crippen molar-refractivity contribution in [2.45, 2.75) is 6.92 Å². The molecule has 0 radical (unpaired) electrons. The van der Waals surface area contributed by atoms with E-state index in [1.165, 1.54) is 6.92 Å². The largest absolute Gasteiger partial charge is 0.383 e. The first-order valence-corrected chi connectivity index (χ1v) is 4.07. The van der Waals surface area contributed by atoms with Crippen molar-refractivity contribution in [3.8, 4) is 0 Å². The molecule has 1 rings (SSSR count). The number of amides is 1. The van der Waals surface area contributed by atoms with Gasteiger partial charge >= 0.3 is 0 Å². The summed E-state index contributed by atoms with van der Waals surface area (Å²) >= 11 is 0. The van der Waals surface area contributed by atoms with Crippen molar-refractivity contribution in [3.63, 3.8) is 0 Å². The average molecular weight is 195 g/mol. The number of nitrogens with one attached hydrogen (secondary N) is 1. The lowest BCUT2D eigenvalue weighted by molar-refractivity contribution is -0.117. The molecule has 14 heavy (non-hydrogen) atoms. The molecule has 0 aliphatic rings. The van der Waals surface area contributed by atoms with Crippen molar-refractivity contribution in [1.29, 1.82) is 0 Å². The van der Waals surface area contributed by atoms with Crippen LogP contribution in [0.4, 0.5) is 5.82 Å². The predicted molar refractivity (Wildman–Crippen MR) is 53.9 cm³/mol. The minimum atomic E-state index is -0.198. The number of nitrogen functional groups attached to an aromatic ring is 1. The first-order chi connectivity index (χ1) is 6.56. The second kappa shape index (κ2) is 3.91. The maximum Gasteiger partial charge on any atom is 0.222 e. The second-order valence-electron chi connectivity index (χ2n) is 2.84. The number of hydrogen-bond donors (Lipinski definition) is 2. The number of carbonyl (C=O) groups excluding carboxylic acids is 1. The Kier molecular flexibility index (Phi) is 2.85. The van der Waals surface area contributed by atoms with Gasteiger partial charge in [-0.3, -0.25) is 9.79 Å². The molecule has 76 valence electrons. The average Bonchev–Trinajstić information content (AvgIpc) is 2.44. The van der Waals surface area contributed by atoms with Gasteiger partial charge in [0.1, 0.15) is 11.5 Å². The lowest BCUT2D eigenvalue weighted by atomic mass is 10.4. The van der Waals surface area contributed by atoms with Crippen molar-refractivity contribution in [3.05, 3.63) is 12.0 Å². The van der Waals surface area contributed by atoms with Crippen LogP contribution in [0.5, 0.6) is 0 Å². The molecule has 1 amide bonds. The number of carbonyl (C=O) groups is 1. The van der Waals surface area contributed by atoms with Gasteiger partial charge in [-0.15, -0.1) is 0 Å². The Morgan fingerprint density at radius 2 is 2.36 bits per heavy atom. The van der Waals surface area contributed by atoms with Crippen molar-refractivity contribution in [2.24, 2.45) is 12.0 Å². The monoisotopic (exact) mass is 195 g/mol. The van der Waals surface area contributed by atoms with Gasteiger partial charge in [0.15, 0.2) is 5.84 Å². The number of rotatable bonds is 1. The van der Waals surface area contributed by atoms with E-state index < -0.39 is 0 Å². The highest BCUT2D eigenvalue weighted by atomic mass is 16.1. The standard InChI is InChI=1S/C8H13N5O/c1-5(14)12-8(10-2)6-7(9)13(3)4-11-6/h4H,9H2,1-3H3,(H,10,12,14). The molecule has 1 heterocycles. The van der Waals surface area contributed by atoms with E-state index in [2.05, 4.69) is 15.3 Å². The molecule has 6 heteroatoms. The molecule has 1 aromatic rings. The summed E-state index contributed by atoms with van der Waals surface area (Å²) in [6, 6.07) is 0. The summed E-state index contributed by atoms with van der Waals surface area (Å²) in [6.07, 6.45) is 1.57. The Balaban J connectivity index is 3.02. The van der Waals surface area contributed by atoms with Crippen LogP contribution in [0.3, 0.4) is 0 Å². The second-order valence-corrected chi connectivity index (χ2v) is 2.84. The van der Waals surface area contributed by atoms with Gasteiger partial charge < -0.3 is 15.6 Å². The Morgan fingerprint density at radius 3 is 2.71 bits per heavy atom. The minimum Gasteiger partial charge on any atom is -0.383 e. The summed E-state index contributed by atoms with van der Waals surface area (Å²) < 4.78 is 1.66. The van der Waals surface area contributed by atoms with E-state index in [4.69, 9.17) is 5.73 Å². The van der Waals surface area contributed by atoms with E-state index in [0.29, 0.717) is 17.3 Å². The lowest BCUT2D eigenvalue weighted by Gasteiger charge is -2.04. The molecule has 0 aliphatic carbocycles. The van der Waals surface area contributed by atoms with E-state index in [1.807, 2.05) is 0 Å².